The van der Waals surface area contributed by atoms with E-state index in [2.05, 4.69) is 5.10 Å². The number of carbonyl (C=O) groups is 1. The van der Waals surface area contributed by atoms with E-state index in [-0.39, 0.29) is 41.3 Å². The van der Waals surface area contributed by atoms with Gasteiger partial charge in [-0.05, 0) is 50.2 Å². The van der Waals surface area contributed by atoms with Crippen LogP contribution in [0, 0.1) is 0 Å². The maximum atomic E-state index is 13.2. The first-order valence-corrected chi connectivity index (χ1v) is 11.8. The minimum atomic E-state index is -5.09. The molecular weight excluding hydrogens is 527 g/mol. The summed E-state index contributed by atoms with van der Waals surface area (Å²) in [7, 11) is -1.21. The van der Waals surface area contributed by atoms with Crippen LogP contribution in [0.2, 0.25) is 0 Å². The van der Waals surface area contributed by atoms with E-state index in [9.17, 15) is 39.6 Å². The largest absolute Gasteiger partial charge is 0.416 e. The normalized spacial score (nSPS) is 17.4. The predicted molar refractivity (Wildman–Crippen MR) is 119 cm³/mol. The summed E-state index contributed by atoms with van der Waals surface area (Å²) in [4.78, 5) is 14.4. The third-order valence-corrected chi connectivity index (χ3v) is 6.90. The number of aryl methyl sites for hydroxylation is 1. The Labute approximate surface area is 226 Å². The zero-order valence-corrected chi connectivity index (χ0v) is 22.5. The molecular formula is C20H23F6N5NaO3S. The Morgan fingerprint density at radius 2 is 1.69 bits per heavy atom. The van der Waals surface area contributed by atoms with Gasteiger partial charge < -0.3 is 4.90 Å². The van der Waals surface area contributed by atoms with Crippen LogP contribution in [-0.2, 0) is 40.8 Å². The average molecular weight is 550 g/mol. The van der Waals surface area contributed by atoms with Gasteiger partial charge in [0.15, 0.2) is 0 Å². The van der Waals surface area contributed by atoms with Crippen LogP contribution in [0.3, 0.4) is 0 Å². The summed E-state index contributed by atoms with van der Waals surface area (Å²) >= 11 is 0. The molecule has 0 saturated carbocycles. The van der Waals surface area contributed by atoms with Crippen molar-refractivity contribution in [2.24, 2.45) is 7.05 Å². The Balaban J connectivity index is 0.00000456. The number of aromatic nitrogens is 2. The maximum absolute atomic E-state index is 13.2. The second-order valence-corrected chi connectivity index (χ2v) is 9.90. The summed E-state index contributed by atoms with van der Waals surface area (Å²) in [5.41, 5.74) is -3.67. The van der Waals surface area contributed by atoms with Crippen LogP contribution < -0.4 is 9.03 Å². The number of hydrogen-bond donors (Lipinski definition) is 1. The van der Waals surface area contributed by atoms with Gasteiger partial charge in [0.1, 0.15) is 0 Å². The fourth-order valence-corrected chi connectivity index (χ4v) is 5.33. The van der Waals surface area contributed by atoms with E-state index in [1.54, 1.807) is 18.8 Å². The standard InChI is InChI=1S/C20H23F6N5O3S.Na/c1-29-5-3-4-16(11-29)31(17-10-27-30(2)12-17)35(33,34)28-18(32)8-13-6-14(19(21,22)23)9-15(7-13)20(24,25)26;/h6-7,9-10,12,16H,3-5,8,11H2,1-2H3,(H,28,32);. The summed E-state index contributed by atoms with van der Waals surface area (Å²) in [6, 6.07) is 0.128. The van der Waals surface area contributed by atoms with Crippen molar-refractivity contribution < 1.29 is 39.6 Å². The summed E-state index contributed by atoms with van der Waals surface area (Å²) in [6.45, 7) is 1.08. The molecule has 0 aliphatic carbocycles. The number of rotatable bonds is 6. The molecule has 1 saturated heterocycles. The van der Waals surface area contributed by atoms with Gasteiger partial charge >= 0.3 is 22.6 Å². The molecule has 2 heterocycles. The van der Waals surface area contributed by atoms with Crippen molar-refractivity contribution in [2.45, 2.75) is 37.7 Å². The number of halogens is 6. The Morgan fingerprint density at radius 1 is 1.11 bits per heavy atom. The van der Waals surface area contributed by atoms with Gasteiger partial charge in [-0.15, -0.1) is 0 Å². The van der Waals surface area contributed by atoms with Gasteiger partial charge in [-0.2, -0.15) is 39.9 Å². The van der Waals surface area contributed by atoms with Crippen molar-refractivity contribution in [3.05, 3.63) is 47.3 Å². The van der Waals surface area contributed by atoms with Crippen molar-refractivity contribution in [1.82, 2.24) is 19.4 Å². The molecule has 36 heavy (non-hydrogen) atoms. The number of piperidine rings is 1. The maximum Gasteiger partial charge on any atom is 0.416 e. The molecule has 3 rings (SSSR count). The fraction of sp³-hybridized carbons (Fsp3) is 0.500. The third-order valence-electron chi connectivity index (χ3n) is 5.39. The first kappa shape index (κ1) is 30.4. The molecule has 1 aliphatic heterocycles. The number of alkyl halides is 6. The predicted octanol–water partition coefficient (Wildman–Crippen LogP) is 2.58. The summed E-state index contributed by atoms with van der Waals surface area (Å²) in [5.74, 6) is -1.28. The van der Waals surface area contributed by atoms with Crippen molar-refractivity contribution in [3.63, 3.8) is 0 Å². The molecule has 1 fully saturated rings. The topological polar surface area (TPSA) is 87.5 Å². The Kier molecular flexibility index (Phi) is 9.54. The number of carbonyl (C=O) groups excluding carboxylic acids is 1. The molecule has 2 aromatic rings. The SMILES string of the molecule is CN1CCCC(N(c2cnn(C)c2)S(=O)(=O)NC(=O)Cc2cc(C(F)(F)F)cc(C(F)(F)F)c2)C1.[Na]. The first-order chi connectivity index (χ1) is 16.1. The minimum Gasteiger partial charge on any atom is -0.304 e. The summed E-state index contributed by atoms with van der Waals surface area (Å²) in [5, 5.41) is 3.95. The molecule has 1 atom stereocenters. The molecule has 1 unspecified atom stereocenters. The number of amides is 1. The molecule has 8 nitrogen and oxygen atoms in total. The van der Waals surface area contributed by atoms with E-state index in [1.165, 1.54) is 17.1 Å². The number of likely N-dealkylation sites (N-methyl/N-ethyl adjacent to an activating group) is 1. The molecule has 1 amide bonds. The van der Waals surface area contributed by atoms with Crippen LogP contribution in [-0.4, -0.2) is 84.7 Å². The Bertz CT molecular complexity index is 1150. The fourth-order valence-electron chi connectivity index (χ4n) is 3.93. The summed E-state index contributed by atoms with van der Waals surface area (Å²) < 4.78 is 109. The number of hydrogen-bond acceptors (Lipinski definition) is 5. The van der Waals surface area contributed by atoms with Gasteiger partial charge in [-0.1, -0.05) is 0 Å². The number of likely N-dealkylation sites (tertiary alicyclic amines) is 1. The Morgan fingerprint density at radius 3 is 2.17 bits per heavy atom. The smallest absolute Gasteiger partial charge is 0.304 e. The monoisotopic (exact) mass is 550 g/mol. The second kappa shape index (κ2) is 11.3. The van der Waals surface area contributed by atoms with Gasteiger partial charge in [0.25, 0.3) is 0 Å². The zero-order valence-electron chi connectivity index (χ0n) is 19.7. The van der Waals surface area contributed by atoms with Gasteiger partial charge in [0.05, 0.1) is 35.5 Å². The van der Waals surface area contributed by atoms with Crippen LogP contribution in [0.5, 0.6) is 0 Å². The van der Waals surface area contributed by atoms with Gasteiger partial charge in [-0.3, -0.25) is 9.48 Å². The van der Waals surface area contributed by atoms with E-state index in [0.29, 0.717) is 31.5 Å². The van der Waals surface area contributed by atoms with Crippen molar-refractivity contribution >= 4 is 51.4 Å². The van der Waals surface area contributed by atoms with Gasteiger partial charge in [-0.25, -0.2) is 9.03 Å². The van der Waals surface area contributed by atoms with Crippen molar-refractivity contribution in [1.29, 1.82) is 0 Å². The molecule has 16 heteroatoms. The van der Waals surface area contributed by atoms with E-state index >= 15 is 0 Å². The summed E-state index contributed by atoms with van der Waals surface area (Å²) in [6.07, 6.45) is -7.37. The minimum absolute atomic E-state index is 0. The molecule has 1 N–H and O–H groups in total. The van der Waals surface area contributed by atoms with E-state index in [0.717, 1.165) is 10.8 Å². The van der Waals surface area contributed by atoms with Crippen molar-refractivity contribution in [3.8, 4) is 0 Å². The first-order valence-electron chi connectivity index (χ1n) is 10.4. The van der Waals surface area contributed by atoms with Crippen LogP contribution in [0.25, 0.3) is 0 Å². The quantitative estimate of drug-likeness (QED) is 0.442. The number of nitrogens with zero attached hydrogens (tertiary/aromatic N) is 4. The number of benzene rings is 1. The molecule has 0 spiro atoms. The van der Waals surface area contributed by atoms with Gasteiger partial charge in [0, 0.05) is 49.3 Å². The number of anilines is 1. The van der Waals surface area contributed by atoms with Gasteiger partial charge in [0.2, 0.25) is 5.91 Å². The van der Waals surface area contributed by atoms with Crippen LogP contribution in [0.1, 0.15) is 29.5 Å². The zero-order chi connectivity index (χ0) is 26.2. The molecule has 1 aromatic heterocycles. The molecule has 1 aromatic carbocycles. The van der Waals surface area contributed by atoms with Crippen molar-refractivity contribution in [2.75, 3.05) is 24.4 Å². The molecule has 0 bridgehead atoms. The van der Waals surface area contributed by atoms with E-state index in [4.69, 9.17) is 0 Å². The van der Waals surface area contributed by atoms with E-state index in [1.807, 2.05) is 4.90 Å². The number of nitrogens with one attached hydrogen (secondary N) is 1. The average Bonchev–Trinajstić information content (AvgIpc) is 3.11. The second-order valence-electron chi connectivity index (χ2n) is 8.35. The molecule has 1 radical (unpaired) electrons. The van der Waals surface area contributed by atoms with Crippen LogP contribution in [0.4, 0.5) is 32.0 Å². The van der Waals surface area contributed by atoms with Crippen LogP contribution >= 0.6 is 0 Å². The molecule has 1 aliphatic rings. The Hall–Kier alpha value is -1.81. The molecule has 195 valence electrons. The van der Waals surface area contributed by atoms with Crippen LogP contribution in [0.15, 0.2) is 30.6 Å². The third kappa shape index (κ3) is 7.60. The van der Waals surface area contributed by atoms with E-state index < -0.39 is 57.6 Å².